The van der Waals surface area contributed by atoms with Gasteiger partial charge in [-0.05, 0) is 19.1 Å². The predicted molar refractivity (Wildman–Crippen MR) is 61.8 cm³/mol. The lowest BCUT2D eigenvalue weighted by Gasteiger charge is -2.09. The van der Waals surface area contributed by atoms with Crippen LogP contribution < -0.4 is 15.2 Å². The van der Waals surface area contributed by atoms with E-state index in [1.165, 1.54) is 19.2 Å². The van der Waals surface area contributed by atoms with Gasteiger partial charge in [0.2, 0.25) is 10.0 Å². The summed E-state index contributed by atoms with van der Waals surface area (Å²) in [6, 6.07) is 6.06. The molecule has 0 heterocycles. The van der Waals surface area contributed by atoms with Gasteiger partial charge in [0.1, 0.15) is 5.75 Å². The van der Waals surface area contributed by atoms with Gasteiger partial charge < -0.3 is 10.5 Å². The first-order chi connectivity index (χ1) is 7.45. The molecule has 90 valence electrons. The third-order valence-corrected chi connectivity index (χ3v) is 3.37. The Hall–Kier alpha value is -1.11. The lowest BCUT2D eigenvalue weighted by atomic mass is 10.3. The second kappa shape index (κ2) is 5.29. The Labute approximate surface area is 95.7 Å². The minimum Gasteiger partial charge on any atom is -0.497 e. The highest BCUT2D eigenvalue weighted by molar-refractivity contribution is 7.89. The van der Waals surface area contributed by atoms with Crippen molar-refractivity contribution in [3.8, 4) is 5.75 Å². The normalized spacial score (nSPS) is 13.4. The topological polar surface area (TPSA) is 81.4 Å². The SMILES string of the molecule is COc1cccc(S(=O)(=O)NCC(C)N)c1. The molecule has 5 nitrogen and oxygen atoms in total. The van der Waals surface area contributed by atoms with Gasteiger partial charge in [0, 0.05) is 18.7 Å². The summed E-state index contributed by atoms with van der Waals surface area (Å²) in [5.41, 5.74) is 5.48. The minimum absolute atomic E-state index is 0.174. The Kier molecular flexibility index (Phi) is 4.28. The molecule has 3 N–H and O–H groups in total. The Balaban J connectivity index is 2.89. The maximum Gasteiger partial charge on any atom is 0.240 e. The molecule has 1 atom stereocenters. The molecular formula is C10H16N2O3S. The van der Waals surface area contributed by atoms with E-state index in [-0.39, 0.29) is 17.5 Å². The van der Waals surface area contributed by atoms with Crippen molar-refractivity contribution in [1.82, 2.24) is 4.72 Å². The van der Waals surface area contributed by atoms with Crippen LogP contribution in [0.1, 0.15) is 6.92 Å². The zero-order valence-corrected chi connectivity index (χ0v) is 10.1. The fourth-order valence-electron chi connectivity index (χ4n) is 1.09. The van der Waals surface area contributed by atoms with Gasteiger partial charge in [0.05, 0.1) is 12.0 Å². The van der Waals surface area contributed by atoms with Crippen molar-refractivity contribution >= 4 is 10.0 Å². The second-order valence-electron chi connectivity index (χ2n) is 3.51. The Morgan fingerprint density at radius 1 is 1.50 bits per heavy atom. The third-order valence-electron chi connectivity index (χ3n) is 1.95. The Morgan fingerprint density at radius 2 is 2.19 bits per heavy atom. The molecule has 0 aliphatic heterocycles. The van der Waals surface area contributed by atoms with E-state index in [4.69, 9.17) is 10.5 Å². The standard InChI is InChI=1S/C10H16N2O3S/c1-8(11)7-12-16(13,14)10-5-3-4-9(6-10)15-2/h3-6,8,12H,7,11H2,1-2H3. The molecule has 1 aromatic carbocycles. The molecule has 0 saturated heterocycles. The van der Waals surface area contributed by atoms with Crippen LogP contribution in [0.25, 0.3) is 0 Å². The van der Waals surface area contributed by atoms with Crippen molar-refractivity contribution in [1.29, 1.82) is 0 Å². The fraction of sp³-hybridized carbons (Fsp3) is 0.400. The van der Waals surface area contributed by atoms with E-state index in [0.717, 1.165) is 0 Å². The molecule has 1 unspecified atom stereocenters. The fourth-order valence-corrected chi connectivity index (χ4v) is 2.27. The van der Waals surface area contributed by atoms with E-state index in [1.54, 1.807) is 19.1 Å². The molecule has 0 aliphatic carbocycles. The smallest absolute Gasteiger partial charge is 0.240 e. The number of rotatable bonds is 5. The van der Waals surface area contributed by atoms with Gasteiger partial charge >= 0.3 is 0 Å². The molecule has 0 bridgehead atoms. The van der Waals surface area contributed by atoms with Gasteiger partial charge in [-0.15, -0.1) is 0 Å². The van der Waals surface area contributed by atoms with Gasteiger partial charge in [0.15, 0.2) is 0 Å². The van der Waals surface area contributed by atoms with Crippen molar-refractivity contribution in [2.75, 3.05) is 13.7 Å². The number of methoxy groups -OCH3 is 1. The summed E-state index contributed by atoms with van der Waals surface area (Å²) in [7, 11) is -2.01. The summed E-state index contributed by atoms with van der Waals surface area (Å²) in [6.45, 7) is 1.94. The second-order valence-corrected chi connectivity index (χ2v) is 5.28. The van der Waals surface area contributed by atoms with E-state index in [2.05, 4.69) is 4.72 Å². The maximum atomic E-state index is 11.8. The lowest BCUT2D eigenvalue weighted by molar-refractivity contribution is 0.413. The summed E-state index contributed by atoms with van der Waals surface area (Å²) < 4.78 is 30.9. The molecule has 16 heavy (non-hydrogen) atoms. The van der Waals surface area contributed by atoms with Gasteiger partial charge in [0.25, 0.3) is 0 Å². The van der Waals surface area contributed by atoms with Crippen LogP contribution in [0, 0.1) is 0 Å². The third kappa shape index (κ3) is 3.48. The first-order valence-electron chi connectivity index (χ1n) is 4.85. The van der Waals surface area contributed by atoms with Gasteiger partial charge in [-0.1, -0.05) is 6.07 Å². The van der Waals surface area contributed by atoms with Crippen LogP contribution in [-0.4, -0.2) is 28.1 Å². The van der Waals surface area contributed by atoms with Crippen LogP contribution in [-0.2, 0) is 10.0 Å². The average molecular weight is 244 g/mol. The minimum atomic E-state index is -3.50. The summed E-state index contributed by atoms with van der Waals surface area (Å²) in [5, 5.41) is 0. The summed E-state index contributed by atoms with van der Waals surface area (Å²) in [6.07, 6.45) is 0. The molecule has 0 saturated carbocycles. The number of nitrogens with two attached hydrogens (primary N) is 1. The van der Waals surface area contributed by atoms with Crippen molar-refractivity contribution in [2.24, 2.45) is 5.73 Å². The van der Waals surface area contributed by atoms with E-state index >= 15 is 0 Å². The van der Waals surface area contributed by atoms with Crippen LogP contribution in [0.2, 0.25) is 0 Å². The molecule has 0 amide bonds. The molecular weight excluding hydrogens is 228 g/mol. The van der Waals surface area contributed by atoms with Crippen LogP contribution >= 0.6 is 0 Å². The monoisotopic (exact) mass is 244 g/mol. The number of sulfonamides is 1. The maximum absolute atomic E-state index is 11.8. The number of benzene rings is 1. The van der Waals surface area contributed by atoms with Crippen molar-refractivity contribution in [2.45, 2.75) is 17.9 Å². The molecule has 0 spiro atoms. The van der Waals surface area contributed by atoms with Crippen molar-refractivity contribution < 1.29 is 13.2 Å². The number of nitrogens with one attached hydrogen (secondary N) is 1. The average Bonchev–Trinajstić information content (AvgIpc) is 2.27. The van der Waals surface area contributed by atoms with Crippen LogP contribution in [0.3, 0.4) is 0 Å². The molecule has 0 radical (unpaired) electrons. The molecule has 0 aliphatic rings. The number of hydrogen-bond donors (Lipinski definition) is 2. The van der Waals surface area contributed by atoms with E-state index in [1.807, 2.05) is 0 Å². The van der Waals surface area contributed by atoms with E-state index in [0.29, 0.717) is 5.75 Å². The molecule has 6 heteroatoms. The van der Waals surface area contributed by atoms with Crippen molar-refractivity contribution in [3.63, 3.8) is 0 Å². The van der Waals surface area contributed by atoms with E-state index in [9.17, 15) is 8.42 Å². The number of ether oxygens (including phenoxy) is 1. The highest BCUT2D eigenvalue weighted by Crippen LogP contribution is 2.16. The zero-order chi connectivity index (χ0) is 12.2. The lowest BCUT2D eigenvalue weighted by Crippen LogP contribution is -2.35. The van der Waals surface area contributed by atoms with Crippen LogP contribution in [0.5, 0.6) is 5.75 Å². The molecule has 1 rings (SSSR count). The largest absolute Gasteiger partial charge is 0.497 e. The predicted octanol–water partition coefficient (Wildman–Crippen LogP) is 0.321. The highest BCUT2D eigenvalue weighted by atomic mass is 32.2. The molecule has 1 aromatic rings. The summed E-state index contributed by atoms with van der Waals surface area (Å²) in [4.78, 5) is 0.174. The van der Waals surface area contributed by atoms with E-state index < -0.39 is 10.0 Å². The molecule has 0 fully saturated rings. The van der Waals surface area contributed by atoms with Gasteiger partial charge in [-0.2, -0.15) is 0 Å². The summed E-state index contributed by atoms with van der Waals surface area (Å²) >= 11 is 0. The first-order valence-corrected chi connectivity index (χ1v) is 6.33. The Bertz CT molecular complexity index is 443. The van der Waals surface area contributed by atoms with Crippen LogP contribution in [0.4, 0.5) is 0 Å². The van der Waals surface area contributed by atoms with Crippen molar-refractivity contribution in [3.05, 3.63) is 24.3 Å². The molecule has 0 aromatic heterocycles. The first kappa shape index (κ1) is 13.0. The van der Waals surface area contributed by atoms with Crippen LogP contribution in [0.15, 0.2) is 29.2 Å². The summed E-state index contributed by atoms with van der Waals surface area (Å²) in [5.74, 6) is 0.503. The highest BCUT2D eigenvalue weighted by Gasteiger charge is 2.14. The van der Waals surface area contributed by atoms with Gasteiger partial charge in [-0.3, -0.25) is 0 Å². The zero-order valence-electron chi connectivity index (χ0n) is 9.30. The van der Waals surface area contributed by atoms with Gasteiger partial charge in [-0.25, -0.2) is 13.1 Å². The quantitative estimate of drug-likeness (QED) is 0.781. The number of hydrogen-bond acceptors (Lipinski definition) is 4. The Morgan fingerprint density at radius 3 is 2.75 bits per heavy atom.